The van der Waals surface area contributed by atoms with Gasteiger partial charge in [-0.2, -0.15) is 18.2 Å². The van der Waals surface area contributed by atoms with Crippen molar-refractivity contribution in [2.45, 2.75) is 69.4 Å². The van der Waals surface area contributed by atoms with Crippen LogP contribution in [0, 0.1) is 0 Å². The van der Waals surface area contributed by atoms with E-state index in [0.717, 1.165) is 24.1 Å². The number of halogens is 3. The predicted molar refractivity (Wildman–Crippen MR) is 224 cm³/mol. The number of piperidine rings is 1. The summed E-state index contributed by atoms with van der Waals surface area (Å²) in [5.41, 5.74) is 4.00. The molecule has 0 aliphatic carbocycles. The second-order valence-electron chi connectivity index (χ2n) is 16.0. The first-order valence-corrected chi connectivity index (χ1v) is 21.0. The molecular formula is C45H49F3N8O7. The Morgan fingerprint density at radius 2 is 1.52 bits per heavy atom. The number of carbonyl (C=O) groups is 2. The summed E-state index contributed by atoms with van der Waals surface area (Å²) < 4.78 is 44.2. The highest BCUT2D eigenvalue weighted by molar-refractivity contribution is 5.95. The van der Waals surface area contributed by atoms with Crippen LogP contribution in [0.2, 0.25) is 0 Å². The maximum Gasteiger partial charge on any atom is 0.416 e. The molecule has 332 valence electrons. The zero-order chi connectivity index (χ0) is 44.3. The topological polar surface area (TPSA) is 200 Å². The average molecular weight is 871 g/mol. The largest absolute Gasteiger partial charge is 0.416 e. The number of anilines is 1. The first-order chi connectivity index (χ1) is 30.3. The molecule has 4 heterocycles. The second kappa shape index (κ2) is 18.9. The fourth-order valence-electron chi connectivity index (χ4n) is 8.41. The van der Waals surface area contributed by atoms with Crippen molar-refractivity contribution < 1.29 is 47.7 Å². The van der Waals surface area contributed by atoms with E-state index in [1.807, 2.05) is 24.3 Å². The number of fused-ring (bicyclic) bond motifs is 1. The Morgan fingerprint density at radius 3 is 2.25 bits per heavy atom. The molecule has 2 amide bonds. The van der Waals surface area contributed by atoms with Gasteiger partial charge in [-0.3, -0.25) is 19.8 Å². The molecule has 0 spiro atoms. The van der Waals surface area contributed by atoms with E-state index in [1.54, 1.807) is 47.4 Å². The van der Waals surface area contributed by atoms with E-state index in [9.17, 15) is 43.2 Å². The van der Waals surface area contributed by atoms with Gasteiger partial charge in [0.25, 0.3) is 17.7 Å². The number of hydrogen-bond donors (Lipinski definition) is 7. The molecule has 1 aromatic heterocycles. The quantitative estimate of drug-likeness (QED) is 0.0806. The third-order valence-corrected chi connectivity index (χ3v) is 11.8. The van der Waals surface area contributed by atoms with Crippen molar-refractivity contribution in [1.29, 1.82) is 0 Å². The van der Waals surface area contributed by atoms with Crippen LogP contribution in [0.3, 0.4) is 0 Å². The number of piperazine rings is 1. The number of nitrogens with one attached hydrogen (secondary N) is 3. The number of hydrogen-bond acceptors (Lipinski definition) is 13. The van der Waals surface area contributed by atoms with Gasteiger partial charge in [0.15, 0.2) is 0 Å². The maximum atomic E-state index is 13.4. The number of alkyl halides is 3. The van der Waals surface area contributed by atoms with Gasteiger partial charge in [-0.25, -0.2) is 4.90 Å². The summed E-state index contributed by atoms with van der Waals surface area (Å²) in [6, 6.07) is 23.5. The summed E-state index contributed by atoms with van der Waals surface area (Å²) in [6.45, 7) is 4.01. The number of aromatic nitrogens is 2. The normalized spacial score (nSPS) is 21.9. The van der Waals surface area contributed by atoms with Crippen molar-refractivity contribution in [3.05, 3.63) is 124 Å². The minimum Gasteiger partial charge on any atom is -0.385 e. The number of aliphatic hydroxyl groups excluding tert-OH is 4. The van der Waals surface area contributed by atoms with E-state index in [-0.39, 0.29) is 23.5 Å². The summed E-state index contributed by atoms with van der Waals surface area (Å²) in [4.78, 5) is 36.3. The van der Waals surface area contributed by atoms with Crippen LogP contribution in [0.5, 0.6) is 0 Å². The molecule has 4 aromatic carbocycles. The minimum atomic E-state index is -4.45. The van der Waals surface area contributed by atoms with E-state index in [4.69, 9.17) is 4.52 Å². The lowest BCUT2D eigenvalue weighted by atomic mass is 10.0. The van der Waals surface area contributed by atoms with Crippen LogP contribution in [-0.4, -0.2) is 115 Å². The zero-order valence-electron chi connectivity index (χ0n) is 34.2. The van der Waals surface area contributed by atoms with Crippen molar-refractivity contribution in [1.82, 2.24) is 35.5 Å². The number of nitrogens with zero attached hydrogens (tertiary/aromatic N) is 5. The summed E-state index contributed by atoms with van der Waals surface area (Å²) in [5.74, 6) is 0.0381. The van der Waals surface area contributed by atoms with Crippen molar-refractivity contribution in [3.63, 3.8) is 0 Å². The van der Waals surface area contributed by atoms with Gasteiger partial charge in [0, 0.05) is 84.9 Å². The lowest BCUT2D eigenvalue weighted by molar-refractivity contribution is -0.158. The Kier molecular flexibility index (Phi) is 13.2. The van der Waals surface area contributed by atoms with Crippen molar-refractivity contribution in [2.24, 2.45) is 0 Å². The van der Waals surface area contributed by atoms with Gasteiger partial charge in [0.2, 0.25) is 5.82 Å². The van der Waals surface area contributed by atoms with Crippen molar-refractivity contribution >= 4 is 17.5 Å². The first-order valence-electron chi connectivity index (χ1n) is 21.0. The van der Waals surface area contributed by atoms with E-state index in [1.165, 1.54) is 17.0 Å². The molecule has 7 N–H and O–H groups in total. The van der Waals surface area contributed by atoms with E-state index in [0.29, 0.717) is 104 Å². The number of unbranched alkanes of at least 4 members (excludes halogenated alkanes) is 1. The third-order valence-electron chi connectivity index (χ3n) is 11.8. The van der Waals surface area contributed by atoms with Crippen LogP contribution in [0.4, 0.5) is 18.9 Å². The fraction of sp³-hybridized carbons (Fsp3) is 0.378. The average Bonchev–Trinajstić information content (AvgIpc) is 3.88. The fourth-order valence-corrected chi connectivity index (χ4v) is 8.41. The molecule has 0 saturated carbocycles. The van der Waals surface area contributed by atoms with Gasteiger partial charge in [-0.05, 0) is 85.8 Å². The zero-order valence-corrected chi connectivity index (χ0v) is 34.2. The third kappa shape index (κ3) is 9.92. The molecular weight excluding hydrogens is 822 g/mol. The summed E-state index contributed by atoms with van der Waals surface area (Å²) in [5, 5.41) is 55.5. The van der Waals surface area contributed by atoms with Gasteiger partial charge >= 0.3 is 6.18 Å². The Bertz CT molecular complexity index is 2370. The highest BCUT2D eigenvalue weighted by Crippen LogP contribution is 2.45. The molecule has 3 aliphatic heterocycles. The monoisotopic (exact) mass is 870 g/mol. The van der Waals surface area contributed by atoms with Gasteiger partial charge < -0.3 is 40.5 Å². The molecule has 5 atom stereocenters. The highest BCUT2D eigenvalue weighted by atomic mass is 19.4. The Morgan fingerprint density at radius 1 is 0.810 bits per heavy atom. The van der Waals surface area contributed by atoms with Crippen LogP contribution in [0.1, 0.15) is 81.1 Å². The van der Waals surface area contributed by atoms with Gasteiger partial charge in [-0.15, -0.1) is 0 Å². The van der Waals surface area contributed by atoms with Crippen molar-refractivity contribution in [2.75, 3.05) is 44.6 Å². The van der Waals surface area contributed by atoms with E-state index >= 15 is 0 Å². The molecule has 5 unspecified atom stereocenters. The standard InChI is InChI=1S/C45H49F3N8O7/c46-45(47,48)32-15-13-28(14-16-32)38-52-41(63-53-38)29-9-11-30(12-10-29)42(60)55-23-21-54(22-24-55)26-27-5-3-6-31(25-27)39(58)50-20-2-1-19-49-34-8-4-7-33-37(34)44(62)56(43(33)61)35-17-18-36(57)51-40(35)59/h3-16,25,35-36,40,43-44,49,51,57,59,61-62H,1-2,17-24,26H2,(H,50,58). The summed E-state index contributed by atoms with van der Waals surface area (Å²) in [6.07, 6.45) is -6.44. The van der Waals surface area contributed by atoms with Gasteiger partial charge in [0.05, 0.1) is 11.6 Å². The Balaban J connectivity index is 0.755. The molecule has 2 saturated heterocycles. The molecule has 15 nitrogen and oxygen atoms in total. The molecule has 3 aliphatic rings. The second-order valence-corrected chi connectivity index (χ2v) is 16.0. The van der Waals surface area contributed by atoms with Crippen LogP contribution in [-0.2, 0) is 12.7 Å². The van der Waals surface area contributed by atoms with Gasteiger partial charge in [0.1, 0.15) is 24.9 Å². The molecule has 0 radical (unpaired) electrons. The number of rotatable bonds is 13. The molecule has 5 aromatic rings. The number of carbonyl (C=O) groups excluding carboxylic acids is 2. The van der Waals surface area contributed by atoms with E-state index < -0.39 is 42.7 Å². The lowest BCUT2D eigenvalue weighted by Crippen LogP contribution is -2.57. The first kappa shape index (κ1) is 43.9. The van der Waals surface area contributed by atoms with Crippen molar-refractivity contribution in [3.8, 4) is 22.8 Å². The number of amides is 2. The van der Waals surface area contributed by atoms with Crippen LogP contribution < -0.4 is 16.0 Å². The Hall–Kier alpha value is -5.73. The van der Waals surface area contributed by atoms with Crippen LogP contribution in [0.25, 0.3) is 22.8 Å². The highest BCUT2D eigenvalue weighted by Gasteiger charge is 2.45. The molecule has 63 heavy (non-hydrogen) atoms. The molecule has 0 bridgehead atoms. The number of benzene rings is 4. The van der Waals surface area contributed by atoms with Crippen LogP contribution in [0.15, 0.2) is 95.5 Å². The SMILES string of the molecule is O=C(NCCCCNc1cccc2c1C(O)N(C1CCC(O)NC1O)C2O)c1cccc(CN2CCN(C(=O)c3ccc(-c4nc(-c5ccc(C(F)(F)F)cc5)no4)cc3)CC2)c1. The minimum absolute atomic E-state index is 0.114. The van der Waals surface area contributed by atoms with Crippen LogP contribution >= 0.6 is 0 Å². The lowest BCUT2D eigenvalue weighted by Gasteiger charge is -2.40. The summed E-state index contributed by atoms with van der Waals surface area (Å²) >= 11 is 0. The smallest absolute Gasteiger partial charge is 0.385 e. The maximum absolute atomic E-state index is 13.4. The van der Waals surface area contributed by atoms with Gasteiger partial charge in [-0.1, -0.05) is 41.6 Å². The molecule has 18 heteroatoms. The molecule has 8 rings (SSSR count). The predicted octanol–water partition coefficient (Wildman–Crippen LogP) is 4.69. The Labute approximate surface area is 361 Å². The number of aliphatic hydroxyl groups is 4. The molecule has 2 fully saturated rings. The summed E-state index contributed by atoms with van der Waals surface area (Å²) in [7, 11) is 0. The van der Waals surface area contributed by atoms with E-state index in [2.05, 4.69) is 31.0 Å².